The smallest absolute Gasteiger partial charge is 0.305 e. The van der Waals surface area contributed by atoms with Crippen molar-refractivity contribution in [3.05, 3.63) is 0 Å². The first kappa shape index (κ1) is 21.5. The molecule has 0 aliphatic heterocycles. The molecule has 0 aromatic carbocycles. The maximum Gasteiger partial charge on any atom is 0.305 e. The van der Waals surface area contributed by atoms with E-state index in [4.69, 9.17) is 22.3 Å². The number of rotatable bonds is 11. The van der Waals surface area contributed by atoms with E-state index in [2.05, 4.69) is 28.3 Å². The number of primary amides is 1. The number of nitrogens with two attached hydrogens (primary N) is 3. The molecule has 0 unspecified atom stereocenters. The van der Waals surface area contributed by atoms with Gasteiger partial charge in [0.1, 0.15) is 12.1 Å². The standard InChI is InChI=1S/C12H22N6O5S/c13-10(22)7(4-9(20)21)18-11(23)6(17-8(19)5-24)2-1-3-16-12(14)15/h6-7,24H,1-5H2,(H2,13,22)(H,17,19)(H,18,23)(H,20,21)(H4,14,15,16)/t6-,7-/m0/s1. The van der Waals surface area contributed by atoms with Crippen molar-refractivity contribution in [3.63, 3.8) is 0 Å². The van der Waals surface area contributed by atoms with Crippen molar-refractivity contribution < 1.29 is 24.3 Å². The van der Waals surface area contributed by atoms with E-state index in [9.17, 15) is 19.2 Å². The monoisotopic (exact) mass is 362 g/mol. The largest absolute Gasteiger partial charge is 0.481 e. The molecule has 11 nitrogen and oxygen atoms in total. The summed E-state index contributed by atoms with van der Waals surface area (Å²) in [4.78, 5) is 49.3. The highest BCUT2D eigenvalue weighted by Gasteiger charge is 2.26. The van der Waals surface area contributed by atoms with Gasteiger partial charge in [-0.3, -0.25) is 24.2 Å². The van der Waals surface area contributed by atoms with Crippen LogP contribution in [-0.2, 0) is 19.2 Å². The molecule has 0 radical (unpaired) electrons. The summed E-state index contributed by atoms with van der Waals surface area (Å²) in [6.45, 7) is 0.233. The molecule has 0 fully saturated rings. The number of carbonyl (C=O) groups is 4. The molecule has 0 saturated carbocycles. The van der Waals surface area contributed by atoms with Crippen LogP contribution in [-0.4, -0.2) is 59.1 Å². The van der Waals surface area contributed by atoms with Gasteiger partial charge in [-0.1, -0.05) is 0 Å². The van der Waals surface area contributed by atoms with Crippen LogP contribution in [0.1, 0.15) is 19.3 Å². The number of carbonyl (C=O) groups excluding carboxylic acids is 3. The van der Waals surface area contributed by atoms with Crippen LogP contribution in [0.25, 0.3) is 0 Å². The van der Waals surface area contributed by atoms with Crippen LogP contribution in [0.3, 0.4) is 0 Å². The normalized spacial score (nSPS) is 12.5. The maximum atomic E-state index is 12.2. The van der Waals surface area contributed by atoms with Crippen molar-refractivity contribution in [2.45, 2.75) is 31.3 Å². The van der Waals surface area contributed by atoms with E-state index < -0.39 is 42.2 Å². The fourth-order valence-corrected chi connectivity index (χ4v) is 1.77. The summed E-state index contributed by atoms with van der Waals surface area (Å²) >= 11 is 3.79. The molecule has 24 heavy (non-hydrogen) atoms. The molecule has 12 heteroatoms. The Labute approximate surface area is 143 Å². The zero-order valence-electron chi connectivity index (χ0n) is 12.9. The molecule has 9 N–H and O–H groups in total. The van der Waals surface area contributed by atoms with Crippen LogP contribution in [0.15, 0.2) is 4.99 Å². The number of nitrogens with zero attached hydrogens (tertiary/aromatic N) is 1. The summed E-state index contributed by atoms with van der Waals surface area (Å²) in [5.74, 6) is -3.79. The fraction of sp³-hybridized carbons (Fsp3) is 0.583. The zero-order valence-corrected chi connectivity index (χ0v) is 13.8. The quantitative estimate of drug-likeness (QED) is 0.0871. The minimum absolute atomic E-state index is 0.106. The molecule has 0 heterocycles. The average Bonchev–Trinajstić information content (AvgIpc) is 2.48. The number of carboxylic acid groups (broad SMARTS) is 1. The van der Waals surface area contributed by atoms with Crippen LogP contribution < -0.4 is 27.8 Å². The van der Waals surface area contributed by atoms with Gasteiger partial charge in [0.15, 0.2) is 5.96 Å². The number of guanidine groups is 1. The number of aliphatic carboxylic acids is 1. The number of carboxylic acids is 1. The number of thiol groups is 1. The van der Waals surface area contributed by atoms with E-state index >= 15 is 0 Å². The molecular weight excluding hydrogens is 340 g/mol. The van der Waals surface area contributed by atoms with Gasteiger partial charge in [-0.25, -0.2) is 0 Å². The Hall–Kier alpha value is -2.50. The number of aliphatic imine (C=N–C) groups is 1. The minimum atomic E-state index is -1.39. The number of hydrogen-bond acceptors (Lipinski definition) is 6. The van der Waals surface area contributed by atoms with Crippen molar-refractivity contribution in [3.8, 4) is 0 Å². The first-order valence-corrected chi connectivity index (χ1v) is 7.57. The van der Waals surface area contributed by atoms with Crippen LogP contribution in [0.4, 0.5) is 0 Å². The van der Waals surface area contributed by atoms with E-state index in [-0.39, 0.29) is 24.7 Å². The first-order valence-electron chi connectivity index (χ1n) is 6.94. The Morgan fingerprint density at radius 3 is 2.17 bits per heavy atom. The van der Waals surface area contributed by atoms with Crippen molar-refractivity contribution in [2.24, 2.45) is 22.2 Å². The van der Waals surface area contributed by atoms with Crippen molar-refractivity contribution in [2.75, 3.05) is 12.3 Å². The molecule has 0 aliphatic rings. The van der Waals surface area contributed by atoms with E-state index in [1.165, 1.54) is 0 Å². The third-order valence-corrected chi connectivity index (χ3v) is 3.07. The highest BCUT2D eigenvalue weighted by Crippen LogP contribution is 2.01. The molecule has 0 aromatic heterocycles. The van der Waals surface area contributed by atoms with Crippen molar-refractivity contribution in [1.82, 2.24) is 10.6 Å². The average molecular weight is 362 g/mol. The van der Waals surface area contributed by atoms with Gasteiger partial charge in [-0.05, 0) is 12.8 Å². The third-order valence-electron chi connectivity index (χ3n) is 2.78. The van der Waals surface area contributed by atoms with Gasteiger partial charge in [-0.15, -0.1) is 0 Å². The Morgan fingerprint density at radius 2 is 1.71 bits per heavy atom. The second-order valence-electron chi connectivity index (χ2n) is 4.79. The summed E-state index contributed by atoms with van der Waals surface area (Å²) in [6.07, 6.45) is -0.133. The second-order valence-corrected chi connectivity index (χ2v) is 5.10. The van der Waals surface area contributed by atoms with E-state index in [1.807, 2.05) is 0 Å². The minimum Gasteiger partial charge on any atom is -0.481 e. The Morgan fingerprint density at radius 1 is 1.08 bits per heavy atom. The summed E-state index contributed by atoms with van der Waals surface area (Å²) in [5.41, 5.74) is 15.4. The molecule has 0 rings (SSSR count). The fourth-order valence-electron chi connectivity index (χ4n) is 1.68. The highest BCUT2D eigenvalue weighted by atomic mass is 32.1. The number of hydrogen-bond donors (Lipinski definition) is 7. The molecule has 0 saturated heterocycles. The van der Waals surface area contributed by atoms with E-state index in [0.717, 1.165) is 0 Å². The molecule has 0 aliphatic carbocycles. The Bertz CT molecular complexity index is 508. The molecule has 2 atom stereocenters. The summed E-state index contributed by atoms with van der Waals surface area (Å²) in [5, 5.41) is 13.3. The number of amides is 3. The van der Waals surface area contributed by atoms with Crippen molar-refractivity contribution >= 4 is 42.3 Å². The van der Waals surface area contributed by atoms with Crippen LogP contribution >= 0.6 is 12.6 Å². The topological polar surface area (TPSA) is 203 Å². The lowest BCUT2D eigenvalue weighted by Crippen LogP contribution is -2.53. The van der Waals surface area contributed by atoms with Gasteiger partial charge in [0.2, 0.25) is 17.7 Å². The van der Waals surface area contributed by atoms with E-state index in [1.54, 1.807) is 0 Å². The molecule has 0 bridgehead atoms. The first-order chi connectivity index (χ1) is 11.2. The lowest BCUT2D eigenvalue weighted by molar-refractivity contribution is -0.140. The van der Waals surface area contributed by atoms with E-state index in [0.29, 0.717) is 6.42 Å². The third kappa shape index (κ3) is 9.50. The predicted octanol–water partition coefficient (Wildman–Crippen LogP) is -3.10. The molecule has 136 valence electrons. The van der Waals surface area contributed by atoms with Gasteiger partial charge in [0.05, 0.1) is 12.2 Å². The Kier molecular flexibility index (Phi) is 9.94. The van der Waals surface area contributed by atoms with Crippen LogP contribution in [0.5, 0.6) is 0 Å². The lowest BCUT2D eigenvalue weighted by Gasteiger charge is -2.20. The van der Waals surface area contributed by atoms with Gasteiger partial charge < -0.3 is 32.9 Å². The SMILES string of the molecule is NC(=O)[C@H](CC(=O)O)NC(=O)[C@H](CCCN=C(N)N)NC(=O)CS. The summed E-state index contributed by atoms with van der Waals surface area (Å²) in [6, 6.07) is -2.39. The van der Waals surface area contributed by atoms with Gasteiger partial charge in [-0.2, -0.15) is 12.6 Å². The van der Waals surface area contributed by atoms with Gasteiger partial charge >= 0.3 is 5.97 Å². The highest BCUT2D eigenvalue weighted by molar-refractivity contribution is 7.81. The predicted molar refractivity (Wildman–Crippen MR) is 89.1 cm³/mol. The molecule has 0 aromatic rings. The zero-order chi connectivity index (χ0) is 18.7. The Balaban J connectivity index is 4.86. The lowest BCUT2D eigenvalue weighted by atomic mass is 10.1. The number of nitrogens with one attached hydrogen (secondary N) is 2. The van der Waals surface area contributed by atoms with Crippen LogP contribution in [0.2, 0.25) is 0 Å². The molecule has 0 spiro atoms. The van der Waals surface area contributed by atoms with Gasteiger partial charge in [0, 0.05) is 6.54 Å². The van der Waals surface area contributed by atoms with Gasteiger partial charge in [0.25, 0.3) is 0 Å². The molecule has 3 amide bonds. The second kappa shape index (κ2) is 11.1. The maximum absolute atomic E-state index is 12.2. The van der Waals surface area contributed by atoms with Crippen molar-refractivity contribution in [1.29, 1.82) is 0 Å². The summed E-state index contributed by atoms with van der Waals surface area (Å²) < 4.78 is 0. The molecular formula is C12H22N6O5S. The summed E-state index contributed by atoms with van der Waals surface area (Å²) in [7, 11) is 0. The van der Waals surface area contributed by atoms with Crippen LogP contribution in [0, 0.1) is 0 Å².